The zero-order chi connectivity index (χ0) is 14.0. The van der Waals surface area contributed by atoms with E-state index in [1.165, 1.54) is 4.68 Å². The maximum absolute atomic E-state index is 12.2. The molecule has 2 rings (SSSR count). The smallest absolute Gasteiger partial charge is 0.282 e. The van der Waals surface area contributed by atoms with Crippen molar-refractivity contribution in [2.45, 2.75) is 18.5 Å². The van der Waals surface area contributed by atoms with E-state index in [1.807, 2.05) is 0 Å². The minimum Gasteiger partial charge on any atom is -0.316 e. The number of hydrogen-bond donors (Lipinski definition) is 3. The van der Waals surface area contributed by atoms with Crippen molar-refractivity contribution in [2.75, 3.05) is 11.8 Å². The van der Waals surface area contributed by atoms with E-state index in [-0.39, 0.29) is 10.8 Å². The van der Waals surface area contributed by atoms with Crippen LogP contribution in [0.2, 0.25) is 0 Å². The predicted octanol–water partition coefficient (Wildman–Crippen LogP) is -0.0282. The van der Waals surface area contributed by atoms with Crippen molar-refractivity contribution in [1.29, 1.82) is 0 Å². The number of nitrogens with zero attached hydrogens (tertiary/aromatic N) is 3. The standard InChI is InChI=1S/C10H16N6O2S/c1-7-8(6-11-2)10(13-12-7)19(17,18)15-9-4-5-16(3)14-9/h4-5,11H,6H2,1-3H3,(H,12,13)(H,14,15). The van der Waals surface area contributed by atoms with Gasteiger partial charge in [-0.1, -0.05) is 0 Å². The summed E-state index contributed by atoms with van der Waals surface area (Å²) in [4.78, 5) is 0. The molecule has 0 radical (unpaired) electrons. The lowest BCUT2D eigenvalue weighted by Gasteiger charge is -2.05. The summed E-state index contributed by atoms with van der Waals surface area (Å²) in [5.74, 6) is 0.263. The van der Waals surface area contributed by atoms with Crippen LogP contribution in [0, 0.1) is 6.92 Å². The number of nitrogens with one attached hydrogen (secondary N) is 3. The first-order valence-electron chi connectivity index (χ1n) is 5.65. The summed E-state index contributed by atoms with van der Waals surface area (Å²) in [6.45, 7) is 2.19. The Bertz CT molecular complexity index is 672. The summed E-state index contributed by atoms with van der Waals surface area (Å²) in [7, 11) is -0.284. The van der Waals surface area contributed by atoms with Gasteiger partial charge in [0.05, 0.1) is 0 Å². The van der Waals surface area contributed by atoms with Crippen LogP contribution in [0.15, 0.2) is 17.3 Å². The summed E-state index contributed by atoms with van der Waals surface area (Å²) >= 11 is 0. The molecular weight excluding hydrogens is 268 g/mol. The lowest BCUT2D eigenvalue weighted by molar-refractivity contribution is 0.594. The van der Waals surface area contributed by atoms with Crippen molar-refractivity contribution in [1.82, 2.24) is 25.3 Å². The van der Waals surface area contributed by atoms with Gasteiger partial charge < -0.3 is 5.32 Å². The monoisotopic (exact) mass is 284 g/mol. The molecule has 0 aromatic carbocycles. The first-order valence-corrected chi connectivity index (χ1v) is 7.13. The van der Waals surface area contributed by atoms with Gasteiger partial charge >= 0.3 is 0 Å². The van der Waals surface area contributed by atoms with E-state index in [4.69, 9.17) is 0 Å². The van der Waals surface area contributed by atoms with Gasteiger partial charge in [0.1, 0.15) is 0 Å². The second-order valence-electron chi connectivity index (χ2n) is 4.14. The first kappa shape index (κ1) is 13.6. The Morgan fingerprint density at radius 2 is 2.21 bits per heavy atom. The van der Waals surface area contributed by atoms with Gasteiger partial charge in [-0.05, 0) is 14.0 Å². The van der Waals surface area contributed by atoms with E-state index >= 15 is 0 Å². The van der Waals surface area contributed by atoms with Gasteiger partial charge in [0.2, 0.25) is 5.03 Å². The Hall–Kier alpha value is -1.87. The second-order valence-corrected chi connectivity index (χ2v) is 5.74. The Kier molecular flexibility index (Phi) is 3.58. The number of rotatable bonds is 5. The van der Waals surface area contributed by atoms with Gasteiger partial charge in [-0.3, -0.25) is 14.5 Å². The third kappa shape index (κ3) is 2.76. The highest BCUT2D eigenvalue weighted by Crippen LogP contribution is 2.18. The van der Waals surface area contributed by atoms with Gasteiger partial charge in [-0.25, -0.2) is 0 Å². The number of aryl methyl sites for hydroxylation is 2. The van der Waals surface area contributed by atoms with Gasteiger partial charge in [0.25, 0.3) is 10.0 Å². The van der Waals surface area contributed by atoms with E-state index in [9.17, 15) is 8.42 Å². The van der Waals surface area contributed by atoms with Gasteiger partial charge in [-0.2, -0.15) is 18.6 Å². The summed E-state index contributed by atoms with van der Waals surface area (Å²) in [6.07, 6.45) is 1.65. The maximum atomic E-state index is 12.2. The highest BCUT2D eigenvalue weighted by Gasteiger charge is 2.24. The highest BCUT2D eigenvalue weighted by molar-refractivity contribution is 7.92. The van der Waals surface area contributed by atoms with Gasteiger partial charge in [0.15, 0.2) is 5.82 Å². The number of aromatic amines is 1. The van der Waals surface area contributed by atoms with Crippen LogP contribution < -0.4 is 10.0 Å². The van der Waals surface area contributed by atoms with Crippen molar-refractivity contribution in [2.24, 2.45) is 7.05 Å². The number of sulfonamides is 1. The molecule has 19 heavy (non-hydrogen) atoms. The second kappa shape index (κ2) is 5.02. The molecule has 2 heterocycles. The van der Waals surface area contributed by atoms with Crippen molar-refractivity contribution in [3.8, 4) is 0 Å². The normalized spacial score (nSPS) is 11.7. The molecule has 0 saturated carbocycles. The third-order valence-electron chi connectivity index (χ3n) is 2.60. The fourth-order valence-corrected chi connectivity index (χ4v) is 2.89. The van der Waals surface area contributed by atoms with Crippen LogP contribution in [0.25, 0.3) is 0 Å². The molecule has 0 unspecified atom stereocenters. The Balaban J connectivity index is 2.34. The molecule has 0 atom stereocenters. The topological polar surface area (TPSA) is 105 Å². The summed E-state index contributed by atoms with van der Waals surface area (Å²) in [5, 5.41) is 13.4. The van der Waals surface area contributed by atoms with Crippen molar-refractivity contribution < 1.29 is 8.42 Å². The molecule has 0 aliphatic carbocycles. The molecule has 0 aliphatic rings. The average molecular weight is 284 g/mol. The van der Waals surface area contributed by atoms with E-state index in [1.54, 1.807) is 33.3 Å². The molecule has 8 nitrogen and oxygen atoms in total. The quantitative estimate of drug-likeness (QED) is 0.715. The van der Waals surface area contributed by atoms with Crippen molar-refractivity contribution >= 4 is 15.8 Å². The number of H-pyrrole nitrogens is 1. The molecule has 0 saturated heterocycles. The minimum absolute atomic E-state index is 0.00926. The fourth-order valence-electron chi connectivity index (χ4n) is 1.69. The number of anilines is 1. The molecule has 0 amide bonds. The van der Waals surface area contributed by atoms with Crippen LogP contribution in [0.3, 0.4) is 0 Å². The first-order chi connectivity index (χ1) is 8.94. The predicted molar refractivity (Wildman–Crippen MR) is 70.1 cm³/mol. The molecule has 0 spiro atoms. The van der Waals surface area contributed by atoms with Crippen molar-refractivity contribution in [3.63, 3.8) is 0 Å². The van der Waals surface area contributed by atoms with E-state index in [2.05, 4.69) is 25.3 Å². The highest BCUT2D eigenvalue weighted by atomic mass is 32.2. The molecule has 2 aromatic rings. The fraction of sp³-hybridized carbons (Fsp3) is 0.400. The number of aromatic nitrogens is 4. The molecule has 0 aliphatic heterocycles. The van der Waals surface area contributed by atoms with E-state index < -0.39 is 10.0 Å². The largest absolute Gasteiger partial charge is 0.316 e. The van der Waals surface area contributed by atoms with Crippen molar-refractivity contribution in [3.05, 3.63) is 23.5 Å². The average Bonchev–Trinajstić information content (AvgIpc) is 2.87. The molecule has 2 aromatic heterocycles. The summed E-state index contributed by atoms with van der Waals surface area (Å²) in [6, 6.07) is 1.58. The van der Waals surface area contributed by atoms with E-state index in [0.29, 0.717) is 12.1 Å². The molecule has 0 bridgehead atoms. The molecular formula is C10H16N6O2S. The Morgan fingerprint density at radius 1 is 1.47 bits per heavy atom. The third-order valence-corrected chi connectivity index (χ3v) is 3.92. The zero-order valence-electron chi connectivity index (χ0n) is 10.9. The summed E-state index contributed by atoms with van der Waals surface area (Å²) in [5.41, 5.74) is 1.33. The lowest BCUT2D eigenvalue weighted by atomic mass is 10.3. The van der Waals surface area contributed by atoms with Crippen LogP contribution in [-0.4, -0.2) is 35.4 Å². The molecule has 9 heteroatoms. The maximum Gasteiger partial charge on any atom is 0.282 e. The Labute approximate surface area is 111 Å². The van der Waals surface area contributed by atoms with Crippen LogP contribution in [-0.2, 0) is 23.6 Å². The van der Waals surface area contributed by atoms with Crippen LogP contribution >= 0.6 is 0 Å². The molecule has 104 valence electrons. The Morgan fingerprint density at radius 3 is 2.79 bits per heavy atom. The van der Waals surface area contributed by atoms with Crippen LogP contribution in [0.5, 0.6) is 0 Å². The van der Waals surface area contributed by atoms with Gasteiger partial charge in [-0.15, -0.1) is 0 Å². The lowest BCUT2D eigenvalue weighted by Crippen LogP contribution is -2.17. The minimum atomic E-state index is -3.74. The SMILES string of the molecule is CNCc1c(S(=O)(=O)Nc2ccn(C)n2)n[nH]c1C. The zero-order valence-corrected chi connectivity index (χ0v) is 11.7. The van der Waals surface area contributed by atoms with Crippen LogP contribution in [0.1, 0.15) is 11.3 Å². The summed E-state index contributed by atoms with van der Waals surface area (Å²) < 4.78 is 28.4. The molecule has 3 N–H and O–H groups in total. The van der Waals surface area contributed by atoms with Gasteiger partial charge in [0, 0.05) is 37.1 Å². The van der Waals surface area contributed by atoms with Crippen LogP contribution in [0.4, 0.5) is 5.82 Å². The van der Waals surface area contributed by atoms with E-state index in [0.717, 1.165) is 5.69 Å². The molecule has 0 fully saturated rings. The number of hydrogen-bond acceptors (Lipinski definition) is 5.